The van der Waals surface area contributed by atoms with Gasteiger partial charge in [-0.2, -0.15) is 0 Å². The van der Waals surface area contributed by atoms with Crippen molar-refractivity contribution in [2.45, 2.75) is 64.2 Å². The Morgan fingerprint density at radius 2 is 1.18 bits per heavy atom. The maximum Gasteiger partial charge on any atom is 0.229 e. The molecule has 0 fully saturated rings. The Hall–Kier alpha value is -1.87. The SMILES string of the molecule is NCCCNCCCCNC(=O)CC(=O)NCCCCCCCCN=C(N)N. The van der Waals surface area contributed by atoms with Crippen LogP contribution in [0.1, 0.15) is 64.2 Å². The molecule has 0 atom stereocenters. The van der Waals surface area contributed by atoms with Crippen molar-refractivity contribution in [3.63, 3.8) is 0 Å². The van der Waals surface area contributed by atoms with Crippen LogP contribution >= 0.6 is 0 Å². The highest BCUT2D eigenvalue weighted by atomic mass is 16.2. The molecule has 0 rings (SSSR count). The molecule has 0 saturated carbocycles. The lowest BCUT2D eigenvalue weighted by Crippen LogP contribution is -2.33. The fourth-order valence-electron chi connectivity index (χ4n) is 2.61. The van der Waals surface area contributed by atoms with Crippen molar-refractivity contribution in [2.75, 3.05) is 39.3 Å². The van der Waals surface area contributed by atoms with Crippen molar-refractivity contribution in [1.82, 2.24) is 16.0 Å². The lowest BCUT2D eigenvalue weighted by molar-refractivity contribution is -0.129. The molecule has 0 aromatic rings. The molecule has 0 aliphatic rings. The van der Waals surface area contributed by atoms with E-state index < -0.39 is 0 Å². The number of nitrogens with zero attached hydrogens (tertiary/aromatic N) is 1. The molecule has 9 N–H and O–H groups in total. The number of rotatable bonds is 19. The summed E-state index contributed by atoms with van der Waals surface area (Å²) in [5, 5.41) is 8.88. The fraction of sp³-hybridized carbons (Fsp3) is 0.842. The van der Waals surface area contributed by atoms with Crippen LogP contribution in [0.3, 0.4) is 0 Å². The number of hydrogen-bond acceptors (Lipinski definition) is 5. The van der Waals surface area contributed by atoms with E-state index in [1.54, 1.807) is 0 Å². The van der Waals surface area contributed by atoms with E-state index in [1.165, 1.54) is 0 Å². The molecule has 2 amide bonds. The van der Waals surface area contributed by atoms with Crippen molar-refractivity contribution in [2.24, 2.45) is 22.2 Å². The van der Waals surface area contributed by atoms with E-state index in [1.807, 2.05) is 0 Å². The Balaban J connectivity index is 3.37. The summed E-state index contributed by atoms with van der Waals surface area (Å²) in [5.41, 5.74) is 15.9. The van der Waals surface area contributed by atoms with E-state index in [-0.39, 0.29) is 24.2 Å². The van der Waals surface area contributed by atoms with Crippen LogP contribution in [0.5, 0.6) is 0 Å². The summed E-state index contributed by atoms with van der Waals surface area (Å²) in [7, 11) is 0. The molecule has 0 spiro atoms. The molecule has 28 heavy (non-hydrogen) atoms. The molecule has 9 nitrogen and oxygen atoms in total. The molecule has 0 aromatic carbocycles. The maximum absolute atomic E-state index is 11.7. The molecule has 164 valence electrons. The van der Waals surface area contributed by atoms with Gasteiger partial charge in [-0.05, 0) is 51.7 Å². The van der Waals surface area contributed by atoms with E-state index >= 15 is 0 Å². The van der Waals surface area contributed by atoms with E-state index in [0.29, 0.717) is 26.2 Å². The first kappa shape index (κ1) is 26.1. The second-order valence-electron chi connectivity index (χ2n) is 6.90. The molecule has 0 radical (unpaired) electrons. The van der Waals surface area contributed by atoms with E-state index in [0.717, 1.165) is 70.9 Å². The van der Waals surface area contributed by atoms with Crippen LogP contribution in [-0.4, -0.2) is 57.0 Å². The average Bonchev–Trinajstić information content (AvgIpc) is 2.65. The Morgan fingerprint density at radius 1 is 0.679 bits per heavy atom. The Bertz CT molecular complexity index is 427. The molecule has 0 saturated heterocycles. The average molecular weight is 400 g/mol. The van der Waals surface area contributed by atoms with Gasteiger partial charge in [0.05, 0.1) is 0 Å². The molecule has 0 unspecified atom stereocenters. The highest BCUT2D eigenvalue weighted by molar-refractivity contribution is 5.96. The smallest absolute Gasteiger partial charge is 0.229 e. The third kappa shape index (κ3) is 20.4. The molecule has 0 aliphatic heterocycles. The van der Waals surface area contributed by atoms with Gasteiger partial charge in [-0.15, -0.1) is 0 Å². The van der Waals surface area contributed by atoms with Gasteiger partial charge in [0, 0.05) is 19.6 Å². The Kier molecular flexibility index (Phi) is 18.6. The minimum absolute atomic E-state index is 0.0977. The number of carbonyl (C=O) groups is 2. The second-order valence-corrected chi connectivity index (χ2v) is 6.90. The van der Waals surface area contributed by atoms with Gasteiger partial charge in [-0.1, -0.05) is 25.7 Å². The molecular formula is C19H41N7O2. The van der Waals surface area contributed by atoms with Crippen LogP contribution in [0.4, 0.5) is 0 Å². The number of guanidine groups is 1. The fourth-order valence-corrected chi connectivity index (χ4v) is 2.61. The summed E-state index contributed by atoms with van der Waals surface area (Å²) in [4.78, 5) is 27.4. The molecule has 0 aliphatic carbocycles. The Labute approximate surface area is 169 Å². The number of nitrogens with two attached hydrogens (primary N) is 3. The minimum Gasteiger partial charge on any atom is -0.370 e. The number of unbranched alkanes of at least 4 members (excludes halogenated alkanes) is 6. The quantitative estimate of drug-likeness (QED) is 0.0772. The summed E-state index contributed by atoms with van der Waals surface area (Å²) in [6.45, 7) is 4.47. The van der Waals surface area contributed by atoms with Crippen molar-refractivity contribution >= 4 is 17.8 Å². The summed E-state index contributed by atoms with van der Waals surface area (Å²) < 4.78 is 0. The standard InChI is InChI=1S/C19H41N7O2/c20-10-9-12-23-11-7-8-14-25-18(28)16-17(27)24-13-5-3-1-2-4-6-15-26-19(21)22/h23H,1-16,20H2,(H,24,27)(H,25,28)(H4,21,22,26). The molecule has 0 heterocycles. The zero-order chi connectivity index (χ0) is 20.9. The summed E-state index contributed by atoms with van der Waals surface area (Å²) in [6.07, 6.45) is 9.12. The van der Waals surface area contributed by atoms with Crippen LogP contribution in [0.2, 0.25) is 0 Å². The third-order valence-corrected chi connectivity index (χ3v) is 4.18. The first-order valence-corrected chi connectivity index (χ1v) is 10.6. The van der Waals surface area contributed by atoms with Gasteiger partial charge >= 0.3 is 0 Å². The highest BCUT2D eigenvalue weighted by Gasteiger charge is 2.07. The van der Waals surface area contributed by atoms with Crippen LogP contribution in [0.25, 0.3) is 0 Å². The summed E-state index contributed by atoms with van der Waals surface area (Å²) in [6, 6.07) is 0. The molecule has 9 heteroatoms. The third-order valence-electron chi connectivity index (χ3n) is 4.18. The zero-order valence-corrected chi connectivity index (χ0v) is 17.3. The predicted molar refractivity (Wildman–Crippen MR) is 115 cm³/mol. The van der Waals surface area contributed by atoms with Crippen LogP contribution < -0.4 is 33.2 Å². The number of carbonyl (C=O) groups excluding carboxylic acids is 2. The highest BCUT2D eigenvalue weighted by Crippen LogP contribution is 2.05. The minimum atomic E-state index is -0.214. The molecular weight excluding hydrogens is 358 g/mol. The predicted octanol–water partition coefficient (Wildman–Crippen LogP) is -0.0585. The largest absolute Gasteiger partial charge is 0.370 e. The van der Waals surface area contributed by atoms with Crippen molar-refractivity contribution in [3.05, 3.63) is 0 Å². The van der Waals surface area contributed by atoms with Gasteiger partial charge in [-0.25, -0.2) is 0 Å². The van der Waals surface area contributed by atoms with Gasteiger partial charge in [0.25, 0.3) is 0 Å². The van der Waals surface area contributed by atoms with Crippen LogP contribution in [-0.2, 0) is 9.59 Å². The second kappa shape index (κ2) is 19.9. The van der Waals surface area contributed by atoms with Gasteiger partial charge in [0.15, 0.2) is 5.96 Å². The van der Waals surface area contributed by atoms with E-state index in [4.69, 9.17) is 17.2 Å². The number of hydrogen-bond donors (Lipinski definition) is 6. The Morgan fingerprint density at radius 3 is 1.79 bits per heavy atom. The van der Waals surface area contributed by atoms with Gasteiger partial charge in [0.1, 0.15) is 6.42 Å². The molecule has 0 bridgehead atoms. The number of amides is 2. The van der Waals surface area contributed by atoms with Gasteiger partial charge in [-0.3, -0.25) is 14.6 Å². The molecule has 0 aromatic heterocycles. The first-order valence-electron chi connectivity index (χ1n) is 10.6. The van der Waals surface area contributed by atoms with Crippen LogP contribution in [0.15, 0.2) is 4.99 Å². The van der Waals surface area contributed by atoms with Crippen molar-refractivity contribution < 1.29 is 9.59 Å². The van der Waals surface area contributed by atoms with Crippen molar-refractivity contribution in [3.8, 4) is 0 Å². The van der Waals surface area contributed by atoms with E-state index in [2.05, 4.69) is 20.9 Å². The summed E-state index contributed by atoms with van der Waals surface area (Å²) >= 11 is 0. The topological polar surface area (TPSA) is 161 Å². The number of nitrogens with one attached hydrogen (secondary N) is 3. The number of aliphatic imine (C=N–C) groups is 1. The monoisotopic (exact) mass is 399 g/mol. The normalized spacial score (nSPS) is 10.5. The zero-order valence-electron chi connectivity index (χ0n) is 17.3. The van der Waals surface area contributed by atoms with Gasteiger partial charge < -0.3 is 33.2 Å². The lowest BCUT2D eigenvalue weighted by Gasteiger charge is -2.07. The van der Waals surface area contributed by atoms with Crippen LogP contribution in [0, 0.1) is 0 Å². The lowest BCUT2D eigenvalue weighted by atomic mass is 10.1. The first-order chi connectivity index (χ1) is 13.6. The van der Waals surface area contributed by atoms with Crippen molar-refractivity contribution in [1.29, 1.82) is 0 Å². The maximum atomic E-state index is 11.7. The summed E-state index contributed by atoms with van der Waals surface area (Å²) in [5.74, 6) is -0.275. The van der Waals surface area contributed by atoms with Gasteiger partial charge in [0.2, 0.25) is 11.8 Å². The van der Waals surface area contributed by atoms with E-state index in [9.17, 15) is 9.59 Å².